The number of carbonyl (C=O) groups is 1. The summed E-state index contributed by atoms with van der Waals surface area (Å²) in [7, 11) is 0. The fourth-order valence-electron chi connectivity index (χ4n) is 3.35. The number of carbonyl (C=O) groups excluding carboxylic acids is 1. The van der Waals surface area contributed by atoms with Gasteiger partial charge in [-0.2, -0.15) is 4.98 Å². The van der Waals surface area contributed by atoms with Gasteiger partial charge in [-0.3, -0.25) is 4.79 Å². The third-order valence-electron chi connectivity index (χ3n) is 4.82. The van der Waals surface area contributed by atoms with Crippen molar-refractivity contribution >= 4 is 17.2 Å². The van der Waals surface area contributed by atoms with Gasteiger partial charge in [-0.25, -0.2) is 4.98 Å². The monoisotopic (exact) mass is 395 g/mol. The quantitative estimate of drug-likeness (QED) is 0.525. The molecular formula is C19H17N5O3S. The van der Waals surface area contributed by atoms with Crippen molar-refractivity contribution in [3.05, 3.63) is 59.3 Å². The molecule has 142 valence electrons. The number of furan rings is 1. The van der Waals surface area contributed by atoms with Crippen LogP contribution in [0.5, 0.6) is 0 Å². The summed E-state index contributed by atoms with van der Waals surface area (Å²) < 4.78 is 12.5. The zero-order valence-electron chi connectivity index (χ0n) is 15.1. The number of nitrogens with zero attached hydrogens (tertiary/aromatic N) is 5. The van der Waals surface area contributed by atoms with Crippen LogP contribution >= 0.6 is 11.3 Å². The maximum absolute atomic E-state index is 13.0. The Morgan fingerprint density at radius 3 is 2.89 bits per heavy atom. The first-order chi connectivity index (χ1) is 13.7. The molecule has 4 aromatic heterocycles. The average molecular weight is 395 g/mol. The maximum Gasteiger partial charge on any atom is 0.293 e. The summed E-state index contributed by atoms with van der Waals surface area (Å²) in [6, 6.07) is 7.42. The average Bonchev–Trinajstić information content (AvgIpc) is 3.52. The van der Waals surface area contributed by atoms with Gasteiger partial charge in [-0.15, -0.1) is 0 Å². The van der Waals surface area contributed by atoms with Gasteiger partial charge >= 0.3 is 0 Å². The highest BCUT2D eigenvalue weighted by Crippen LogP contribution is 2.30. The number of aryl methyl sites for hydroxylation is 1. The van der Waals surface area contributed by atoms with Crippen LogP contribution in [-0.4, -0.2) is 43.6 Å². The van der Waals surface area contributed by atoms with Crippen molar-refractivity contribution in [3.63, 3.8) is 0 Å². The van der Waals surface area contributed by atoms with E-state index in [-0.39, 0.29) is 11.8 Å². The van der Waals surface area contributed by atoms with Gasteiger partial charge in [0.25, 0.3) is 11.8 Å². The second-order valence-corrected chi connectivity index (χ2v) is 7.65. The molecule has 9 heteroatoms. The minimum absolute atomic E-state index is 0.00524. The smallest absolute Gasteiger partial charge is 0.293 e. The third kappa shape index (κ3) is 2.93. The largest absolute Gasteiger partial charge is 0.459 e. The zero-order chi connectivity index (χ0) is 19.1. The van der Waals surface area contributed by atoms with Gasteiger partial charge in [0.15, 0.2) is 16.7 Å². The van der Waals surface area contributed by atoms with Gasteiger partial charge in [0.2, 0.25) is 0 Å². The number of thiazole rings is 1. The molecule has 1 aliphatic heterocycles. The van der Waals surface area contributed by atoms with Crippen LogP contribution < -0.4 is 0 Å². The van der Waals surface area contributed by atoms with E-state index < -0.39 is 0 Å². The molecule has 0 aliphatic carbocycles. The Balaban J connectivity index is 1.32. The first kappa shape index (κ1) is 16.9. The minimum Gasteiger partial charge on any atom is -0.459 e. The molecule has 4 aromatic rings. The second kappa shape index (κ2) is 6.75. The number of aromatic nitrogens is 4. The Bertz CT molecular complexity index is 1100. The van der Waals surface area contributed by atoms with Crippen LogP contribution in [0, 0.1) is 6.92 Å². The fraction of sp³-hybridized carbons (Fsp3) is 0.263. The molecule has 0 aromatic carbocycles. The molecule has 1 atom stereocenters. The van der Waals surface area contributed by atoms with Gasteiger partial charge in [-0.1, -0.05) is 16.5 Å². The van der Waals surface area contributed by atoms with Crippen LogP contribution in [0.2, 0.25) is 0 Å². The van der Waals surface area contributed by atoms with Crippen LogP contribution in [0.4, 0.5) is 0 Å². The van der Waals surface area contributed by atoms with E-state index in [0.717, 1.165) is 17.2 Å². The molecule has 8 nitrogen and oxygen atoms in total. The summed E-state index contributed by atoms with van der Waals surface area (Å²) in [5, 5.41) is 4.87. The normalized spacial score (nSPS) is 16.8. The van der Waals surface area contributed by atoms with Crippen molar-refractivity contribution in [1.82, 2.24) is 24.6 Å². The molecule has 5 heterocycles. The molecule has 5 rings (SSSR count). The first-order valence-corrected chi connectivity index (χ1v) is 9.78. The van der Waals surface area contributed by atoms with E-state index in [9.17, 15) is 4.79 Å². The van der Waals surface area contributed by atoms with E-state index in [1.807, 2.05) is 40.9 Å². The lowest BCUT2D eigenvalue weighted by atomic mass is 10.1. The van der Waals surface area contributed by atoms with E-state index in [1.165, 1.54) is 11.3 Å². The number of rotatable bonds is 4. The Labute approximate surface area is 164 Å². The van der Waals surface area contributed by atoms with E-state index in [1.54, 1.807) is 18.4 Å². The van der Waals surface area contributed by atoms with Gasteiger partial charge < -0.3 is 18.4 Å². The summed E-state index contributed by atoms with van der Waals surface area (Å²) in [5.74, 6) is 1.57. The van der Waals surface area contributed by atoms with Crippen molar-refractivity contribution < 1.29 is 13.7 Å². The fourth-order valence-corrected chi connectivity index (χ4v) is 4.36. The molecule has 0 radical (unpaired) electrons. The highest BCUT2D eigenvalue weighted by molar-refractivity contribution is 7.16. The van der Waals surface area contributed by atoms with Crippen molar-refractivity contribution in [1.29, 1.82) is 0 Å². The summed E-state index contributed by atoms with van der Waals surface area (Å²) >= 11 is 1.41. The molecule has 1 fully saturated rings. The van der Waals surface area contributed by atoms with E-state index in [0.29, 0.717) is 35.4 Å². The summed E-state index contributed by atoms with van der Waals surface area (Å²) in [6.45, 7) is 3.09. The lowest BCUT2D eigenvalue weighted by Gasteiger charge is -2.14. The van der Waals surface area contributed by atoms with Crippen LogP contribution in [0.1, 0.15) is 33.5 Å². The van der Waals surface area contributed by atoms with Gasteiger partial charge in [0.1, 0.15) is 4.88 Å². The Kier molecular flexibility index (Phi) is 4.09. The molecule has 0 saturated carbocycles. The predicted octanol–water partition coefficient (Wildman–Crippen LogP) is 3.51. The van der Waals surface area contributed by atoms with Crippen molar-refractivity contribution in [2.75, 3.05) is 13.1 Å². The maximum atomic E-state index is 13.0. The van der Waals surface area contributed by atoms with Crippen molar-refractivity contribution in [2.24, 2.45) is 0 Å². The molecule has 1 saturated heterocycles. The Morgan fingerprint density at radius 2 is 2.11 bits per heavy atom. The van der Waals surface area contributed by atoms with Crippen molar-refractivity contribution in [2.45, 2.75) is 19.3 Å². The lowest BCUT2D eigenvalue weighted by Crippen LogP contribution is -2.28. The first-order valence-electron chi connectivity index (χ1n) is 8.96. The molecule has 28 heavy (non-hydrogen) atoms. The van der Waals surface area contributed by atoms with Gasteiger partial charge in [-0.05, 0) is 37.6 Å². The third-order valence-corrected chi connectivity index (χ3v) is 5.98. The summed E-state index contributed by atoms with van der Waals surface area (Å²) in [4.78, 5) is 24.5. The molecule has 1 amide bonds. The Morgan fingerprint density at radius 1 is 1.25 bits per heavy atom. The van der Waals surface area contributed by atoms with E-state index >= 15 is 0 Å². The number of hydrogen-bond donors (Lipinski definition) is 0. The number of amides is 1. The predicted molar refractivity (Wildman–Crippen MR) is 101 cm³/mol. The zero-order valence-corrected chi connectivity index (χ0v) is 15.9. The molecule has 0 N–H and O–H groups in total. The van der Waals surface area contributed by atoms with Gasteiger partial charge in [0, 0.05) is 31.4 Å². The summed E-state index contributed by atoms with van der Waals surface area (Å²) in [5.41, 5.74) is 0.752. The Hall–Kier alpha value is -3.20. The molecule has 1 aliphatic rings. The standard InChI is InChI=1S/C19H17N5O3S/c1-12-15(28-19(20-12)23-7-2-3-8-23)18(25)24-9-6-13(11-24)16-21-17(27-22-16)14-5-4-10-26-14/h2-5,7-8,10,13H,6,9,11H2,1H3/t13-/m0/s1. The van der Waals surface area contributed by atoms with Crippen molar-refractivity contribution in [3.8, 4) is 16.8 Å². The van der Waals surface area contributed by atoms with Gasteiger partial charge in [0.05, 0.1) is 12.0 Å². The van der Waals surface area contributed by atoms with E-state index in [2.05, 4.69) is 15.1 Å². The second-order valence-electron chi connectivity index (χ2n) is 6.67. The van der Waals surface area contributed by atoms with Crippen LogP contribution in [0.15, 0.2) is 51.9 Å². The molecule has 0 bridgehead atoms. The SMILES string of the molecule is Cc1nc(-n2cccc2)sc1C(=O)N1CC[C@H](c2noc(-c3ccco3)n2)C1. The minimum atomic E-state index is 0.00524. The number of hydrogen-bond acceptors (Lipinski definition) is 7. The highest BCUT2D eigenvalue weighted by Gasteiger charge is 2.33. The highest BCUT2D eigenvalue weighted by atomic mass is 32.1. The van der Waals surface area contributed by atoms with Crippen LogP contribution in [0.3, 0.4) is 0 Å². The van der Waals surface area contributed by atoms with Crippen LogP contribution in [0.25, 0.3) is 16.8 Å². The van der Waals surface area contributed by atoms with Crippen LogP contribution in [-0.2, 0) is 0 Å². The lowest BCUT2D eigenvalue weighted by molar-refractivity contribution is 0.0794. The topological polar surface area (TPSA) is 90.2 Å². The molecule has 0 unspecified atom stereocenters. The summed E-state index contributed by atoms with van der Waals surface area (Å²) in [6.07, 6.45) is 6.20. The molecule has 0 spiro atoms. The molecular weight excluding hydrogens is 378 g/mol. The van der Waals surface area contributed by atoms with E-state index in [4.69, 9.17) is 8.94 Å². The number of likely N-dealkylation sites (tertiary alicyclic amines) is 1.